The lowest BCUT2D eigenvalue weighted by atomic mass is 10.1. The van der Waals surface area contributed by atoms with E-state index in [1.54, 1.807) is 0 Å². The van der Waals surface area contributed by atoms with Crippen molar-refractivity contribution in [3.05, 3.63) is 12.7 Å². The average Bonchev–Trinajstić information content (AvgIpc) is 1.87. The van der Waals surface area contributed by atoms with Crippen LogP contribution in [0.25, 0.3) is 0 Å². The van der Waals surface area contributed by atoms with Gasteiger partial charge in [-0.05, 0) is 35.2 Å². The number of unbranched alkanes of at least 4 members (excludes halogenated alkanes) is 3. The number of allylic oxidation sites excluding steroid dienone is 1. The molecule has 0 aromatic heterocycles. The van der Waals surface area contributed by atoms with Crippen LogP contribution in [0.2, 0.25) is 0 Å². The summed E-state index contributed by atoms with van der Waals surface area (Å²) in [7, 11) is 0. The Kier molecular flexibility index (Phi) is 6.93. The zero-order chi connectivity index (χ0) is 7.82. The molecule has 0 heterocycles. The number of hydrogen-bond donors (Lipinski definition) is 0. The third kappa shape index (κ3) is 7.89. The molecular formula is C8H13BrO. The number of rotatable bonds is 6. The molecule has 0 aliphatic carbocycles. The molecule has 0 aliphatic heterocycles. The Balaban J connectivity index is 2.90. The highest BCUT2D eigenvalue weighted by atomic mass is 79.9. The molecule has 10 heavy (non-hydrogen) atoms. The Morgan fingerprint density at radius 3 is 2.60 bits per heavy atom. The summed E-state index contributed by atoms with van der Waals surface area (Å²) in [4.78, 5) is 10.4. The Bertz CT molecular complexity index is 110. The maximum atomic E-state index is 10.4. The second kappa shape index (κ2) is 7.00. The van der Waals surface area contributed by atoms with Crippen LogP contribution in [0.1, 0.15) is 32.1 Å². The second-order valence-corrected chi connectivity index (χ2v) is 3.13. The summed E-state index contributed by atoms with van der Waals surface area (Å²) in [6.07, 6.45) is 6.93. The van der Waals surface area contributed by atoms with E-state index in [1.807, 2.05) is 6.08 Å². The average molecular weight is 205 g/mol. The fraction of sp³-hybridized carbons (Fsp3) is 0.625. The van der Waals surface area contributed by atoms with Gasteiger partial charge in [0.15, 0.2) is 4.69 Å². The summed E-state index contributed by atoms with van der Waals surface area (Å²) in [5.74, 6) is 0. The van der Waals surface area contributed by atoms with E-state index in [9.17, 15) is 4.79 Å². The quantitative estimate of drug-likeness (QED) is 0.370. The summed E-state index contributed by atoms with van der Waals surface area (Å²) in [6.45, 7) is 3.62. The van der Waals surface area contributed by atoms with Crippen molar-refractivity contribution in [2.45, 2.75) is 32.1 Å². The van der Waals surface area contributed by atoms with E-state index in [2.05, 4.69) is 22.5 Å². The molecule has 0 aromatic rings. The summed E-state index contributed by atoms with van der Waals surface area (Å²) in [5, 5.41) is 0. The number of hydrogen-bond acceptors (Lipinski definition) is 1. The highest BCUT2D eigenvalue weighted by Crippen LogP contribution is 2.05. The molecule has 0 aliphatic rings. The van der Waals surface area contributed by atoms with Gasteiger partial charge < -0.3 is 0 Å². The highest BCUT2D eigenvalue weighted by molar-refractivity contribution is 9.18. The Labute approximate surface area is 70.6 Å². The summed E-state index contributed by atoms with van der Waals surface area (Å²) in [5.41, 5.74) is 0. The normalized spacial score (nSPS) is 9.30. The van der Waals surface area contributed by atoms with Gasteiger partial charge >= 0.3 is 0 Å². The van der Waals surface area contributed by atoms with Crippen molar-refractivity contribution < 1.29 is 4.79 Å². The fourth-order valence-corrected chi connectivity index (χ4v) is 1.01. The molecule has 0 saturated carbocycles. The van der Waals surface area contributed by atoms with Crippen molar-refractivity contribution in [3.8, 4) is 0 Å². The number of carbonyl (C=O) groups excluding carboxylic acids is 1. The van der Waals surface area contributed by atoms with Crippen LogP contribution in [0.15, 0.2) is 12.7 Å². The van der Waals surface area contributed by atoms with E-state index >= 15 is 0 Å². The lowest BCUT2D eigenvalue weighted by molar-refractivity contribution is -0.110. The van der Waals surface area contributed by atoms with Crippen LogP contribution in [-0.4, -0.2) is 4.69 Å². The van der Waals surface area contributed by atoms with E-state index in [0.717, 1.165) is 25.7 Å². The van der Waals surface area contributed by atoms with Crippen molar-refractivity contribution in [2.75, 3.05) is 0 Å². The molecule has 0 rings (SSSR count). The standard InChI is InChI=1S/C8H13BrO/c1-2-3-4-5-6-7-8(9)10/h2H,1,3-7H2. The van der Waals surface area contributed by atoms with Crippen LogP contribution in [0.5, 0.6) is 0 Å². The van der Waals surface area contributed by atoms with Crippen molar-refractivity contribution in [1.82, 2.24) is 0 Å². The van der Waals surface area contributed by atoms with Crippen LogP contribution < -0.4 is 0 Å². The Morgan fingerprint density at radius 2 is 2.10 bits per heavy atom. The molecule has 0 N–H and O–H groups in total. The Hall–Kier alpha value is -0.110. The maximum absolute atomic E-state index is 10.4. The lowest BCUT2D eigenvalue weighted by Crippen LogP contribution is -1.84. The zero-order valence-electron chi connectivity index (χ0n) is 6.11. The minimum Gasteiger partial charge on any atom is -0.287 e. The van der Waals surface area contributed by atoms with Crippen LogP contribution >= 0.6 is 15.9 Å². The van der Waals surface area contributed by atoms with Gasteiger partial charge in [-0.1, -0.05) is 12.5 Å². The van der Waals surface area contributed by atoms with Gasteiger partial charge in [-0.15, -0.1) is 6.58 Å². The molecule has 0 bridgehead atoms. The molecule has 0 saturated heterocycles. The van der Waals surface area contributed by atoms with Gasteiger partial charge in [-0.3, -0.25) is 4.79 Å². The summed E-state index contributed by atoms with van der Waals surface area (Å²) < 4.78 is 0.117. The summed E-state index contributed by atoms with van der Waals surface area (Å²) >= 11 is 2.88. The first-order valence-corrected chi connectivity index (χ1v) is 4.36. The fourth-order valence-electron chi connectivity index (χ4n) is 0.729. The molecule has 0 atom stereocenters. The first-order valence-electron chi connectivity index (χ1n) is 3.56. The van der Waals surface area contributed by atoms with E-state index in [4.69, 9.17) is 0 Å². The predicted octanol–water partition coefficient (Wildman–Crippen LogP) is 3.04. The van der Waals surface area contributed by atoms with E-state index < -0.39 is 0 Å². The molecule has 0 unspecified atom stereocenters. The van der Waals surface area contributed by atoms with Gasteiger partial charge in [0.05, 0.1) is 0 Å². The van der Waals surface area contributed by atoms with Gasteiger partial charge in [-0.2, -0.15) is 0 Å². The maximum Gasteiger partial charge on any atom is 0.197 e. The molecule has 0 spiro atoms. The molecule has 0 amide bonds. The summed E-state index contributed by atoms with van der Waals surface area (Å²) in [6, 6.07) is 0. The van der Waals surface area contributed by atoms with Crippen LogP contribution in [-0.2, 0) is 4.79 Å². The van der Waals surface area contributed by atoms with Gasteiger partial charge in [-0.25, -0.2) is 0 Å². The second-order valence-electron chi connectivity index (χ2n) is 2.24. The van der Waals surface area contributed by atoms with Crippen molar-refractivity contribution in [2.24, 2.45) is 0 Å². The first-order chi connectivity index (χ1) is 4.77. The van der Waals surface area contributed by atoms with E-state index in [1.165, 1.54) is 0 Å². The molecule has 0 radical (unpaired) electrons. The smallest absolute Gasteiger partial charge is 0.197 e. The van der Waals surface area contributed by atoms with Gasteiger partial charge in [0.1, 0.15) is 0 Å². The first kappa shape index (κ1) is 9.89. The molecule has 0 fully saturated rings. The molecular weight excluding hydrogens is 192 g/mol. The topological polar surface area (TPSA) is 17.1 Å². The van der Waals surface area contributed by atoms with Crippen LogP contribution in [0.3, 0.4) is 0 Å². The third-order valence-electron chi connectivity index (χ3n) is 1.28. The van der Waals surface area contributed by atoms with Crippen LogP contribution in [0, 0.1) is 0 Å². The highest BCUT2D eigenvalue weighted by Gasteiger charge is 1.93. The van der Waals surface area contributed by atoms with Gasteiger partial charge in [0, 0.05) is 6.42 Å². The monoisotopic (exact) mass is 204 g/mol. The molecule has 0 aromatic carbocycles. The lowest BCUT2D eigenvalue weighted by Gasteiger charge is -1.93. The van der Waals surface area contributed by atoms with Gasteiger partial charge in [0.25, 0.3) is 0 Å². The number of halogens is 1. The van der Waals surface area contributed by atoms with Crippen molar-refractivity contribution >= 4 is 20.6 Å². The minimum atomic E-state index is 0.117. The Morgan fingerprint density at radius 1 is 1.40 bits per heavy atom. The largest absolute Gasteiger partial charge is 0.287 e. The van der Waals surface area contributed by atoms with Crippen molar-refractivity contribution in [3.63, 3.8) is 0 Å². The SMILES string of the molecule is C=CCCCCCC(=O)Br. The van der Waals surface area contributed by atoms with E-state index in [0.29, 0.717) is 6.42 Å². The van der Waals surface area contributed by atoms with Crippen LogP contribution in [0.4, 0.5) is 0 Å². The molecule has 2 heteroatoms. The van der Waals surface area contributed by atoms with Gasteiger partial charge in [0.2, 0.25) is 0 Å². The zero-order valence-corrected chi connectivity index (χ0v) is 7.69. The number of carbonyl (C=O) groups is 1. The predicted molar refractivity (Wildman–Crippen MR) is 47.2 cm³/mol. The molecule has 58 valence electrons. The third-order valence-corrected chi connectivity index (χ3v) is 1.68. The minimum absolute atomic E-state index is 0.117. The van der Waals surface area contributed by atoms with E-state index in [-0.39, 0.29) is 4.69 Å². The molecule has 1 nitrogen and oxygen atoms in total. The van der Waals surface area contributed by atoms with Crippen molar-refractivity contribution in [1.29, 1.82) is 0 Å².